The highest BCUT2D eigenvalue weighted by Gasteiger charge is 2.30. The SMILES string of the molecule is O=C(O)C1CCN(CC(=O)N2CCN(Cc3cccc4ccccc34)CC2)C1. The first kappa shape index (κ1) is 18.9. The lowest BCUT2D eigenvalue weighted by molar-refractivity contribution is -0.141. The van der Waals surface area contributed by atoms with Crippen LogP contribution in [0.4, 0.5) is 0 Å². The van der Waals surface area contributed by atoms with Gasteiger partial charge >= 0.3 is 5.97 Å². The molecule has 1 N–H and O–H groups in total. The van der Waals surface area contributed by atoms with E-state index in [4.69, 9.17) is 5.11 Å². The highest BCUT2D eigenvalue weighted by molar-refractivity contribution is 5.85. The molecule has 2 fully saturated rings. The zero-order chi connectivity index (χ0) is 19.5. The molecular formula is C22H27N3O3. The van der Waals surface area contributed by atoms with Crippen molar-refractivity contribution in [2.24, 2.45) is 5.92 Å². The van der Waals surface area contributed by atoms with Crippen molar-refractivity contribution in [1.29, 1.82) is 0 Å². The molecule has 2 aromatic carbocycles. The number of carbonyl (C=O) groups is 2. The molecule has 2 aliphatic rings. The highest BCUT2D eigenvalue weighted by atomic mass is 16.4. The molecule has 1 amide bonds. The number of hydrogen-bond donors (Lipinski definition) is 1. The zero-order valence-corrected chi connectivity index (χ0v) is 16.1. The number of carboxylic acids is 1. The second-order valence-corrected chi connectivity index (χ2v) is 7.85. The minimum absolute atomic E-state index is 0.121. The van der Waals surface area contributed by atoms with Crippen molar-refractivity contribution in [3.63, 3.8) is 0 Å². The van der Waals surface area contributed by atoms with Crippen LogP contribution in [0.25, 0.3) is 10.8 Å². The summed E-state index contributed by atoms with van der Waals surface area (Å²) in [6, 6.07) is 14.9. The van der Waals surface area contributed by atoms with Gasteiger partial charge in [-0.1, -0.05) is 42.5 Å². The minimum atomic E-state index is -0.753. The number of carbonyl (C=O) groups excluding carboxylic acids is 1. The van der Waals surface area contributed by atoms with Gasteiger partial charge in [0.25, 0.3) is 0 Å². The molecule has 148 valence electrons. The standard InChI is InChI=1S/C22H27N3O3/c26-21(16-24-9-8-19(15-24)22(27)28)25-12-10-23(11-13-25)14-18-6-3-5-17-4-1-2-7-20(17)18/h1-7,19H,8-16H2,(H,27,28). The van der Waals surface area contributed by atoms with Gasteiger partial charge in [-0.05, 0) is 29.3 Å². The molecule has 1 atom stereocenters. The molecule has 2 heterocycles. The number of hydrogen-bond acceptors (Lipinski definition) is 4. The van der Waals surface area contributed by atoms with Crippen molar-refractivity contribution in [2.75, 3.05) is 45.8 Å². The Kier molecular flexibility index (Phi) is 5.59. The first-order chi connectivity index (χ1) is 13.6. The average molecular weight is 381 g/mol. The summed E-state index contributed by atoms with van der Waals surface area (Å²) in [7, 11) is 0. The quantitative estimate of drug-likeness (QED) is 0.857. The van der Waals surface area contributed by atoms with Gasteiger partial charge < -0.3 is 10.0 Å². The van der Waals surface area contributed by atoms with Crippen LogP contribution in [0.1, 0.15) is 12.0 Å². The van der Waals surface area contributed by atoms with Crippen molar-refractivity contribution < 1.29 is 14.7 Å². The first-order valence-electron chi connectivity index (χ1n) is 10.0. The average Bonchev–Trinajstić information content (AvgIpc) is 3.18. The Balaban J connectivity index is 1.29. The van der Waals surface area contributed by atoms with E-state index in [1.54, 1.807) is 0 Å². The number of nitrogens with zero attached hydrogens (tertiary/aromatic N) is 3. The van der Waals surface area contributed by atoms with Gasteiger partial charge in [-0.15, -0.1) is 0 Å². The molecule has 0 radical (unpaired) electrons. The summed E-state index contributed by atoms with van der Waals surface area (Å²) in [6.45, 7) is 5.63. The summed E-state index contributed by atoms with van der Waals surface area (Å²) in [5.41, 5.74) is 1.33. The number of fused-ring (bicyclic) bond motifs is 1. The highest BCUT2D eigenvalue weighted by Crippen LogP contribution is 2.21. The van der Waals surface area contributed by atoms with Crippen LogP contribution >= 0.6 is 0 Å². The molecule has 6 nitrogen and oxygen atoms in total. The number of rotatable bonds is 5. The van der Waals surface area contributed by atoms with Gasteiger partial charge in [0.15, 0.2) is 0 Å². The molecule has 2 aliphatic heterocycles. The molecule has 6 heteroatoms. The van der Waals surface area contributed by atoms with Gasteiger partial charge in [-0.2, -0.15) is 0 Å². The number of likely N-dealkylation sites (tertiary alicyclic amines) is 1. The molecular weight excluding hydrogens is 354 g/mol. The lowest BCUT2D eigenvalue weighted by atomic mass is 10.0. The fourth-order valence-electron chi connectivity index (χ4n) is 4.30. The van der Waals surface area contributed by atoms with Crippen LogP contribution in [-0.4, -0.2) is 77.5 Å². The predicted octanol–water partition coefficient (Wildman–Crippen LogP) is 1.89. The van der Waals surface area contributed by atoms with E-state index < -0.39 is 5.97 Å². The number of amides is 1. The number of benzene rings is 2. The van der Waals surface area contributed by atoms with Crippen LogP contribution in [-0.2, 0) is 16.1 Å². The molecule has 28 heavy (non-hydrogen) atoms. The molecule has 0 bridgehead atoms. The number of piperazine rings is 1. The van der Waals surface area contributed by atoms with Crippen molar-refractivity contribution in [2.45, 2.75) is 13.0 Å². The summed E-state index contributed by atoms with van der Waals surface area (Å²) < 4.78 is 0. The van der Waals surface area contributed by atoms with E-state index in [0.717, 1.165) is 32.7 Å². The zero-order valence-electron chi connectivity index (χ0n) is 16.1. The van der Waals surface area contributed by atoms with Gasteiger partial charge in [-0.25, -0.2) is 0 Å². The second kappa shape index (κ2) is 8.29. The van der Waals surface area contributed by atoms with Crippen LogP contribution in [0.5, 0.6) is 0 Å². The summed E-state index contributed by atoms with van der Waals surface area (Å²) in [5, 5.41) is 11.7. The van der Waals surface area contributed by atoms with Crippen molar-refractivity contribution >= 4 is 22.6 Å². The lowest BCUT2D eigenvalue weighted by Gasteiger charge is -2.35. The molecule has 2 saturated heterocycles. The summed E-state index contributed by atoms with van der Waals surface area (Å²) in [4.78, 5) is 30.0. The van der Waals surface area contributed by atoms with E-state index in [0.29, 0.717) is 26.1 Å². The van der Waals surface area contributed by atoms with E-state index in [9.17, 15) is 9.59 Å². The number of aliphatic carboxylic acids is 1. The maximum absolute atomic E-state index is 12.6. The molecule has 2 aromatic rings. The first-order valence-corrected chi connectivity index (χ1v) is 10.0. The van der Waals surface area contributed by atoms with Crippen molar-refractivity contribution in [1.82, 2.24) is 14.7 Å². The monoisotopic (exact) mass is 381 g/mol. The smallest absolute Gasteiger partial charge is 0.307 e. The summed E-state index contributed by atoms with van der Waals surface area (Å²) >= 11 is 0. The van der Waals surface area contributed by atoms with Crippen LogP contribution in [0.2, 0.25) is 0 Å². The van der Waals surface area contributed by atoms with Crippen molar-refractivity contribution in [3.8, 4) is 0 Å². The third-order valence-electron chi connectivity index (χ3n) is 5.98. The third kappa shape index (κ3) is 4.18. The molecule has 0 spiro atoms. The third-order valence-corrected chi connectivity index (χ3v) is 5.98. The van der Waals surface area contributed by atoms with Crippen molar-refractivity contribution in [3.05, 3.63) is 48.0 Å². The Hall–Kier alpha value is -2.44. The Morgan fingerprint density at radius 2 is 1.68 bits per heavy atom. The number of carboxylic acid groups (broad SMARTS) is 1. The predicted molar refractivity (Wildman–Crippen MR) is 108 cm³/mol. The van der Waals surface area contributed by atoms with Gasteiger partial charge in [0.1, 0.15) is 0 Å². The van der Waals surface area contributed by atoms with Gasteiger partial charge in [0.2, 0.25) is 5.91 Å². The molecule has 1 unspecified atom stereocenters. The van der Waals surface area contributed by atoms with Crippen LogP contribution < -0.4 is 0 Å². The van der Waals surface area contributed by atoms with E-state index in [2.05, 4.69) is 47.4 Å². The Morgan fingerprint density at radius 1 is 0.929 bits per heavy atom. The fraction of sp³-hybridized carbons (Fsp3) is 0.455. The normalized spacial score (nSPS) is 21.3. The second-order valence-electron chi connectivity index (χ2n) is 7.85. The van der Waals surface area contributed by atoms with E-state index in [-0.39, 0.29) is 11.8 Å². The van der Waals surface area contributed by atoms with Gasteiger partial charge in [0, 0.05) is 39.3 Å². The van der Waals surface area contributed by atoms with Crippen LogP contribution in [0.3, 0.4) is 0 Å². The van der Waals surface area contributed by atoms with E-state index in [1.165, 1.54) is 16.3 Å². The Morgan fingerprint density at radius 3 is 2.43 bits per heavy atom. The Labute approximate surface area is 165 Å². The lowest BCUT2D eigenvalue weighted by Crippen LogP contribution is -2.50. The Bertz CT molecular complexity index is 856. The molecule has 0 aromatic heterocycles. The summed E-state index contributed by atoms with van der Waals surface area (Å²) in [5.74, 6) is -0.960. The molecule has 0 saturated carbocycles. The maximum atomic E-state index is 12.6. The topological polar surface area (TPSA) is 64.1 Å². The molecule has 0 aliphatic carbocycles. The summed E-state index contributed by atoms with van der Waals surface area (Å²) in [6.07, 6.45) is 0.640. The van der Waals surface area contributed by atoms with Crippen LogP contribution in [0, 0.1) is 5.92 Å². The fourth-order valence-corrected chi connectivity index (χ4v) is 4.30. The van der Waals surface area contributed by atoms with Gasteiger partial charge in [0.05, 0.1) is 12.5 Å². The van der Waals surface area contributed by atoms with E-state index >= 15 is 0 Å². The maximum Gasteiger partial charge on any atom is 0.307 e. The van der Waals surface area contributed by atoms with Gasteiger partial charge in [-0.3, -0.25) is 19.4 Å². The largest absolute Gasteiger partial charge is 0.481 e. The van der Waals surface area contributed by atoms with E-state index in [1.807, 2.05) is 9.80 Å². The molecule has 4 rings (SSSR count). The minimum Gasteiger partial charge on any atom is -0.481 e. The van der Waals surface area contributed by atoms with Crippen LogP contribution in [0.15, 0.2) is 42.5 Å².